The number of hydrogen-bond acceptors (Lipinski definition) is 5. The van der Waals surface area contributed by atoms with Crippen LogP contribution < -0.4 is 0 Å². The molecule has 1 aromatic rings. The van der Waals surface area contributed by atoms with Crippen molar-refractivity contribution < 1.29 is 14.4 Å². The van der Waals surface area contributed by atoms with E-state index in [9.17, 15) is 4.79 Å². The third-order valence-electron chi connectivity index (χ3n) is 1.68. The van der Waals surface area contributed by atoms with Crippen molar-refractivity contribution in [1.82, 2.24) is 15.0 Å². The van der Waals surface area contributed by atoms with Crippen LogP contribution >= 0.6 is 0 Å². The molecule has 0 atom stereocenters. The first-order valence-electron chi connectivity index (χ1n) is 4.27. The molecule has 0 radical (unpaired) electrons. The summed E-state index contributed by atoms with van der Waals surface area (Å²) < 4.78 is 4.89. The Bertz CT molecular complexity index is 311. The molecule has 0 amide bonds. The zero-order valence-corrected chi connectivity index (χ0v) is 8.23. The highest BCUT2D eigenvalue weighted by Crippen LogP contribution is 2.00. The average molecular weight is 199 g/mol. The summed E-state index contributed by atoms with van der Waals surface area (Å²) in [5.74, 6) is 0.292. The Labute approximate surface area is 81.5 Å². The molecule has 0 fully saturated rings. The van der Waals surface area contributed by atoms with Crippen molar-refractivity contribution >= 4 is 5.97 Å². The van der Waals surface area contributed by atoms with Crippen molar-refractivity contribution in [3.8, 4) is 0 Å². The molecule has 0 aromatic carbocycles. The zero-order chi connectivity index (χ0) is 10.6. The van der Waals surface area contributed by atoms with E-state index in [0.29, 0.717) is 24.8 Å². The van der Waals surface area contributed by atoms with Gasteiger partial charge in [0.05, 0.1) is 13.0 Å². The molecule has 0 bridgehead atoms. The molecular weight excluding hydrogens is 186 g/mol. The van der Waals surface area contributed by atoms with Crippen LogP contribution in [-0.4, -0.2) is 39.7 Å². The lowest BCUT2D eigenvalue weighted by Gasteiger charge is -2.11. The first-order chi connectivity index (χ1) is 6.58. The fourth-order valence-corrected chi connectivity index (χ4v) is 1.00. The van der Waals surface area contributed by atoms with E-state index < -0.39 is 5.97 Å². The van der Waals surface area contributed by atoms with E-state index in [1.807, 2.05) is 11.9 Å². The van der Waals surface area contributed by atoms with Crippen LogP contribution in [0.2, 0.25) is 0 Å². The number of aliphatic carboxylic acids is 1. The molecule has 1 N–H and O–H groups in total. The van der Waals surface area contributed by atoms with E-state index in [1.54, 1.807) is 6.92 Å². The Balaban J connectivity index is 2.33. The molecule has 6 nitrogen and oxygen atoms in total. The Hall–Kier alpha value is -1.43. The standard InChI is InChI=1S/C8H13N3O3/c1-6-9-7(14-10-6)5-11(2)4-3-8(12)13/h3-5H2,1-2H3,(H,12,13). The van der Waals surface area contributed by atoms with Gasteiger partial charge in [-0.25, -0.2) is 0 Å². The van der Waals surface area contributed by atoms with Gasteiger partial charge in [-0.2, -0.15) is 4.98 Å². The second kappa shape index (κ2) is 4.71. The van der Waals surface area contributed by atoms with Gasteiger partial charge in [-0.15, -0.1) is 0 Å². The smallest absolute Gasteiger partial charge is 0.304 e. The van der Waals surface area contributed by atoms with Gasteiger partial charge < -0.3 is 9.63 Å². The highest BCUT2D eigenvalue weighted by molar-refractivity contribution is 5.66. The van der Waals surface area contributed by atoms with Gasteiger partial charge >= 0.3 is 5.97 Å². The van der Waals surface area contributed by atoms with Crippen molar-refractivity contribution in [2.75, 3.05) is 13.6 Å². The molecular formula is C8H13N3O3. The monoisotopic (exact) mass is 199 g/mol. The molecule has 0 spiro atoms. The highest BCUT2D eigenvalue weighted by Gasteiger charge is 2.07. The van der Waals surface area contributed by atoms with Crippen molar-refractivity contribution in [3.05, 3.63) is 11.7 Å². The van der Waals surface area contributed by atoms with Gasteiger partial charge in [0.1, 0.15) is 0 Å². The first-order valence-corrected chi connectivity index (χ1v) is 4.27. The van der Waals surface area contributed by atoms with Crippen LogP contribution in [0.4, 0.5) is 0 Å². The average Bonchev–Trinajstić information content (AvgIpc) is 2.48. The summed E-state index contributed by atoms with van der Waals surface area (Å²) in [6.07, 6.45) is 0.115. The van der Waals surface area contributed by atoms with E-state index in [0.717, 1.165) is 0 Å². The lowest BCUT2D eigenvalue weighted by Crippen LogP contribution is -2.21. The number of carbonyl (C=O) groups is 1. The maximum Gasteiger partial charge on any atom is 0.304 e. The summed E-state index contributed by atoms with van der Waals surface area (Å²) >= 11 is 0. The molecule has 0 saturated carbocycles. The van der Waals surface area contributed by atoms with Crippen LogP contribution in [-0.2, 0) is 11.3 Å². The number of carboxylic acid groups (broad SMARTS) is 1. The normalized spacial score (nSPS) is 10.8. The third kappa shape index (κ3) is 3.53. The lowest BCUT2D eigenvalue weighted by atomic mass is 10.4. The third-order valence-corrected chi connectivity index (χ3v) is 1.68. The number of nitrogens with zero attached hydrogens (tertiary/aromatic N) is 3. The lowest BCUT2D eigenvalue weighted by molar-refractivity contribution is -0.137. The minimum absolute atomic E-state index is 0.115. The molecule has 6 heteroatoms. The zero-order valence-electron chi connectivity index (χ0n) is 8.23. The number of aryl methyl sites for hydroxylation is 1. The predicted octanol–water partition coefficient (Wildman–Crippen LogP) is 0.285. The Morgan fingerprint density at radius 1 is 1.64 bits per heavy atom. The van der Waals surface area contributed by atoms with Crippen LogP contribution in [0.25, 0.3) is 0 Å². The van der Waals surface area contributed by atoms with Crippen LogP contribution in [0.1, 0.15) is 18.1 Å². The SMILES string of the molecule is Cc1noc(CN(C)CCC(=O)O)n1. The molecule has 0 aliphatic rings. The van der Waals surface area contributed by atoms with Crippen LogP contribution in [0.5, 0.6) is 0 Å². The Morgan fingerprint density at radius 2 is 2.36 bits per heavy atom. The topological polar surface area (TPSA) is 79.5 Å². The Kier molecular flexibility index (Phi) is 3.58. The molecule has 1 aromatic heterocycles. The van der Waals surface area contributed by atoms with E-state index in [4.69, 9.17) is 9.63 Å². The molecule has 0 unspecified atom stereocenters. The fourth-order valence-electron chi connectivity index (χ4n) is 1.00. The largest absolute Gasteiger partial charge is 0.481 e. The minimum atomic E-state index is -0.807. The first kappa shape index (κ1) is 10.6. The molecule has 1 heterocycles. The number of aromatic nitrogens is 2. The predicted molar refractivity (Wildman–Crippen MR) is 47.6 cm³/mol. The van der Waals surface area contributed by atoms with Crippen LogP contribution in [0, 0.1) is 6.92 Å². The van der Waals surface area contributed by atoms with E-state index in [-0.39, 0.29) is 6.42 Å². The van der Waals surface area contributed by atoms with E-state index in [1.165, 1.54) is 0 Å². The van der Waals surface area contributed by atoms with Gasteiger partial charge in [-0.3, -0.25) is 9.69 Å². The summed E-state index contributed by atoms with van der Waals surface area (Å²) in [7, 11) is 1.81. The molecule has 1 rings (SSSR count). The van der Waals surface area contributed by atoms with Gasteiger partial charge in [0.15, 0.2) is 5.82 Å². The maximum absolute atomic E-state index is 10.3. The summed E-state index contributed by atoms with van der Waals surface area (Å²) in [6.45, 7) is 2.69. The second-order valence-electron chi connectivity index (χ2n) is 3.12. The highest BCUT2D eigenvalue weighted by atomic mass is 16.5. The van der Waals surface area contributed by atoms with Crippen molar-refractivity contribution in [3.63, 3.8) is 0 Å². The van der Waals surface area contributed by atoms with E-state index >= 15 is 0 Å². The molecule has 0 saturated heterocycles. The minimum Gasteiger partial charge on any atom is -0.481 e. The van der Waals surface area contributed by atoms with Crippen LogP contribution in [0.3, 0.4) is 0 Å². The van der Waals surface area contributed by atoms with Gasteiger partial charge in [0.25, 0.3) is 0 Å². The Morgan fingerprint density at radius 3 is 2.86 bits per heavy atom. The van der Waals surface area contributed by atoms with Gasteiger partial charge in [-0.1, -0.05) is 5.16 Å². The van der Waals surface area contributed by atoms with E-state index in [2.05, 4.69) is 10.1 Å². The molecule has 78 valence electrons. The quantitative estimate of drug-likeness (QED) is 0.734. The number of carboxylic acids is 1. The van der Waals surface area contributed by atoms with Crippen molar-refractivity contribution in [2.45, 2.75) is 19.9 Å². The second-order valence-corrected chi connectivity index (χ2v) is 3.12. The summed E-state index contributed by atoms with van der Waals surface area (Å²) in [6, 6.07) is 0. The molecule has 0 aliphatic heterocycles. The van der Waals surface area contributed by atoms with Crippen LogP contribution in [0.15, 0.2) is 4.52 Å². The van der Waals surface area contributed by atoms with Crippen molar-refractivity contribution in [1.29, 1.82) is 0 Å². The number of rotatable bonds is 5. The molecule has 14 heavy (non-hydrogen) atoms. The summed E-state index contributed by atoms with van der Waals surface area (Å²) in [5.41, 5.74) is 0. The fraction of sp³-hybridized carbons (Fsp3) is 0.625. The summed E-state index contributed by atoms with van der Waals surface area (Å²) in [4.78, 5) is 16.1. The number of hydrogen-bond donors (Lipinski definition) is 1. The van der Waals surface area contributed by atoms with Crippen molar-refractivity contribution in [2.24, 2.45) is 0 Å². The van der Waals surface area contributed by atoms with Gasteiger partial charge in [0, 0.05) is 6.54 Å². The summed E-state index contributed by atoms with van der Waals surface area (Å²) in [5, 5.41) is 12.1. The molecule has 0 aliphatic carbocycles. The van der Waals surface area contributed by atoms with Gasteiger partial charge in [0.2, 0.25) is 5.89 Å². The van der Waals surface area contributed by atoms with Gasteiger partial charge in [-0.05, 0) is 14.0 Å². The maximum atomic E-state index is 10.3.